The van der Waals surface area contributed by atoms with Crippen LogP contribution in [-0.2, 0) is 4.79 Å². The Kier molecular flexibility index (Phi) is 4.47. The molecule has 104 valence electrons. The first kappa shape index (κ1) is 14.6. The van der Waals surface area contributed by atoms with Crippen LogP contribution in [0, 0.1) is 0 Å². The Morgan fingerprint density at radius 3 is 2.45 bits per heavy atom. The van der Waals surface area contributed by atoms with E-state index in [0.29, 0.717) is 10.6 Å². The number of amides is 1. The summed E-state index contributed by atoms with van der Waals surface area (Å²) in [5.74, 6) is -0.257. The number of nitrogens with zero attached hydrogens (tertiary/aromatic N) is 1. The summed E-state index contributed by atoms with van der Waals surface area (Å²) >= 11 is 11.8. The molecular formula is C14H12Cl2N2O2. The molecule has 20 heavy (non-hydrogen) atoms. The van der Waals surface area contributed by atoms with Crippen LogP contribution < -0.4 is 5.32 Å². The van der Waals surface area contributed by atoms with Crippen molar-refractivity contribution in [2.24, 2.45) is 0 Å². The number of nitrogens with one attached hydrogen (secondary N) is 1. The number of hydrogen-bond donors (Lipinski definition) is 2. The number of rotatable bonds is 3. The number of phenols is 1. The van der Waals surface area contributed by atoms with Crippen LogP contribution >= 0.6 is 23.2 Å². The van der Waals surface area contributed by atoms with Crippen molar-refractivity contribution in [2.45, 2.75) is 13.0 Å². The SMILES string of the molecule is CC(=O)NC(c1ccncc1)c1cc(Cl)c(Cl)cc1O. The van der Waals surface area contributed by atoms with E-state index in [0.717, 1.165) is 5.56 Å². The van der Waals surface area contributed by atoms with Crippen molar-refractivity contribution >= 4 is 29.1 Å². The van der Waals surface area contributed by atoms with Crippen LogP contribution in [0.5, 0.6) is 5.75 Å². The number of pyridine rings is 1. The summed E-state index contributed by atoms with van der Waals surface area (Å²) in [6.45, 7) is 1.41. The average molecular weight is 311 g/mol. The predicted molar refractivity (Wildman–Crippen MR) is 78.0 cm³/mol. The molecule has 0 spiro atoms. The van der Waals surface area contributed by atoms with Gasteiger partial charge in [-0.3, -0.25) is 9.78 Å². The predicted octanol–water partition coefficient (Wildman–Crippen LogP) is 3.32. The van der Waals surface area contributed by atoms with Crippen molar-refractivity contribution in [3.8, 4) is 5.75 Å². The summed E-state index contributed by atoms with van der Waals surface area (Å²) in [5, 5.41) is 13.4. The minimum atomic E-state index is -0.523. The number of hydrogen-bond acceptors (Lipinski definition) is 3. The fourth-order valence-electron chi connectivity index (χ4n) is 1.88. The van der Waals surface area contributed by atoms with Crippen molar-refractivity contribution in [1.82, 2.24) is 10.3 Å². The Morgan fingerprint density at radius 1 is 1.25 bits per heavy atom. The lowest BCUT2D eigenvalue weighted by Crippen LogP contribution is -2.27. The van der Waals surface area contributed by atoms with E-state index in [2.05, 4.69) is 10.3 Å². The van der Waals surface area contributed by atoms with Gasteiger partial charge in [-0.1, -0.05) is 23.2 Å². The van der Waals surface area contributed by atoms with Crippen molar-refractivity contribution in [3.63, 3.8) is 0 Å². The second-order valence-corrected chi connectivity index (χ2v) is 5.05. The van der Waals surface area contributed by atoms with Gasteiger partial charge in [-0.15, -0.1) is 0 Å². The Labute approximate surface area is 126 Å². The molecule has 1 unspecified atom stereocenters. The monoisotopic (exact) mass is 310 g/mol. The lowest BCUT2D eigenvalue weighted by Gasteiger charge is -2.20. The third kappa shape index (κ3) is 3.21. The van der Waals surface area contributed by atoms with Crippen LogP contribution in [0.2, 0.25) is 10.0 Å². The van der Waals surface area contributed by atoms with Gasteiger partial charge in [-0.05, 0) is 23.8 Å². The van der Waals surface area contributed by atoms with Crippen LogP contribution in [0.15, 0.2) is 36.7 Å². The molecular weight excluding hydrogens is 299 g/mol. The van der Waals surface area contributed by atoms with Crippen LogP contribution in [0.1, 0.15) is 24.1 Å². The van der Waals surface area contributed by atoms with Crippen LogP contribution in [0.4, 0.5) is 0 Å². The molecule has 6 heteroatoms. The number of benzene rings is 1. The molecule has 0 aliphatic carbocycles. The van der Waals surface area contributed by atoms with Crippen molar-refractivity contribution in [2.75, 3.05) is 0 Å². The van der Waals surface area contributed by atoms with Crippen molar-refractivity contribution in [3.05, 3.63) is 57.8 Å². The van der Waals surface area contributed by atoms with Gasteiger partial charge in [0.2, 0.25) is 5.91 Å². The number of phenolic OH excluding ortho intramolecular Hbond substituents is 1. The zero-order chi connectivity index (χ0) is 14.7. The topological polar surface area (TPSA) is 62.2 Å². The standard InChI is InChI=1S/C14H12Cl2N2O2/c1-8(19)18-14(9-2-4-17-5-3-9)10-6-11(15)12(16)7-13(10)20/h2-7,14,20H,1H3,(H,18,19). The van der Waals surface area contributed by atoms with Crippen LogP contribution in [0.3, 0.4) is 0 Å². The number of aromatic nitrogens is 1. The number of aromatic hydroxyl groups is 1. The fourth-order valence-corrected chi connectivity index (χ4v) is 2.21. The van der Waals surface area contributed by atoms with E-state index in [4.69, 9.17) is 23.2 Å². The zero-order valence-electron chi connectivity index (χ0n) is 10.6. The molecule has 0 fully saturated rings. The molecule has 0 aliphatic heterocycles. The molecule has 4 nitrogen and oxygen atoms in total. The summed E-state index contributed by atoms with van der Waals surface area (Å²) < 4.78 is 0. The van der Waals surface area contributed by atoms with Crippen molar-refractivity contribution < 1.29 is 9.90 Å². The van der Waals surface area contributed by atoms with Gasteiger partial charge in [0.15, 0.2) is 0 Å². The van der Waals surface area contributed by atoms with E-state index in [1.165, 1.54) is 13.0 Å². The first-order chi connectivity index (χ1) is 9.49. The lowest BCUT2D eigenvalue weighted by atomic mass is 9.98. The normalized spacial score (nSPS) is 11.9. The molecule has 1 amide bonds. The highest BCUT2D eigenvalue weighted by Gasteiger charge is 2.20. The molecule has 2 N–H and O–H groups in total. The molecule has 1 aromatic heterocycles. The maximum Gasteiger partial charge on any atom is 0.217 e. The van der Waals surface area contributed by atoms with Gasteiger partial charge in [-0.2, -0.15) is 0 Å². The molecule has 1 heterocycles. The second kappa shape index (κ2) is 6.11. The summed E-state index contributed by atoms with van der Waals surface area (Å²) in [5.41, 5.74) is 1.25. The second-order valence-electron chi connectivity index (χ2n) is 4.24. The summed E-state index contributed by atoms with van der Waals surface area (Å²) in [4.78, 5) is 15.3. The molecule has 0 bridgehead atoms. The van der Waals surface area contributed by atoms with E-state index in [-0.39, 0.29) is 16.7 Å². The zero-order valence-corrected chi connectivity index (χ0v) is 12.1. The molecule has 0 aliphatic rings. The number of halogens is 2. The van der Waals surface area contributed by atoms with E-state index >= 15 is 0 Å². The minimum Gasteiger partial charge on any atom is -0.508 e. The minimum absolute atomic E-state index is 0.0324. The van der Waals surface area contributed by atoms with Gasteiger partial charge in [0.05, 0.1) is 16.1 Å². The highest BCUT2D eigenvalue weighted by molar-refractivity contribution is 6.42. The Hall–Kier alpha value is -1.78. The fraction of sp³-hybridized carbons (Fsp3) is 0.143. The van der Waals surface area contributed by atoms with Gasteiger partial charge in [-0.25, -0.2) is 0 Å². The van der Waals surface area contributed by atoms with E-state index in [1.54, 1.807) is 30.6 Å². The summed E-state index contributed by atoms with van der Waals surface area (Å²) in [7, 11) is 0. The van der Waals surface area contributed by atoms with Gasteiger partial charge in [0.1, 0.15) is 5.75 Å². The molecule has 0 saturated heterocycles. The van der Waals surface area contributed by atoms with Gasteiger partial charge in [0, 0.05) is 30.9 Å². The van der Waals surface area contributed by atoms with Crippen molar-refractivity contribution in [1.29, 1.82) is 0 Å². The maximum absolute atomic E-state index is 11.4. The number of carbonyl (C=O) groups is 1. The largest absolute Gasteiger partial charge is 0.508 e. The summed E-state index contributed by atoms with van der Waals surface area (Å²) in [6, 6.07) is 5.88. The first-order valence-electron chi connectivity index (χ1n) is 5.84. The third-order valence-electron chi connectivity index (χ3n) is 2.77. The van der Waals surface area contributed by atoms with E-state index in [9.17, 15) is 9.90 Å². The van der Waals surface area contributed by atoms with E-state index < -0.39 is 6.04 Å². The third-order valence-corrected chi connectivity index (χ3v) is 3.49. The van der Waals surface area contributed by atoms with Crippen LogP contribution in [0.25, 0.3) is 0 Å². The van der Waals surface area contributed by atoms with E-state index in [1.807, 2.05) is 0 Å². The van der Waals surface area contributed by atoms with Crippen LogP contribution in [-0.4, -0.2) is 16.0 Å². The lowest BCUT2D eigenvalue weighted by molar-refractivity contribution is -0.119. The highest BCUT2D eigenvalue weighted by atomic mass is 35.5. The van der Waals surface area contributed by atoms with Gasteiger partial charge >= 0.3 is 0 Å². The smallest absolute Gasteiger partial charge is 0.217 e. The van der Waals surface area contributed by atoms with Gasteiger partial charge < -0.3 is 10.4 Å². The molecule has 1 atom stereocenters. The molecule has 0 radical (unpaired) electrons. The molecule has 1 aromatic carbocycles. The Morgan fingerprint density at radius 2 is 1.85 bits per heavy atom. The highest BCUT2D eigenvalue weighted by Crippen LogP contribution is 2.35. The summed E-state index contributed by atoms with van der Waals surface area (Å²) in [6.07, 6.45) is 3.22. The van der Waals surface area contributed by atoms with Gasteiger partial charge in [0.25, 0.3) is 0 Å². The molecule has 2 rings (SSSR count). The quantitative estimate of drug-likeness (QED) is 0.914. The number of carbonyl (C=O) groups excluding carboxylic acids is 1. The maximum atomic E-state index is 11.4. The Balaban J connectivity index is 2.52. The molecule has 0 saturated carbocycles. The molecule has 2 aromatic rings. The first-order valence-corrected chi connectivity index (χ1v) is 6.59. The Bertz CT molecular complexity index is 633. The average Bonchev–Trinajstić information content (AvgIpc) is 2.41.